The summed E-state index contributed by atoms with van der Waals surface area (Å²) >= 11 is 0. The second-order valence-corrected chi connectivity index (χ2v) is 20.7. The molecule has 11 aromatic carbocycles. The summed E-state index contributed by atoms with van der Waals surface area (Å²) in [7, 11) is 0. The van der Waals surface area contributed by atoms with Crippen LogP contribution in [0.3, 0.4) is 0 Å². The number of nitriles is 2. The van der Waals surface area contributed by atoms with Gasteiger partial charge in [-0.2, -0.15) is 10.5 Å². The van der Waals surface area contributed by atoms with E-state index in [0.717, 1.165) is 142 Å². The summed E-state index contributed by atoms with van der Waals surface area (Å²) in [4.78, 5) is 0. The highest BCUT2D eigenvalue weighted by Gasteiger charge is 2.35. The fourth-order valence-corrected chi connectivity index (χ4v) is 13.4. The lowest BCUT2D eigenvalue weighted by Gasteiger charge is -2.27. The zero-order valence-corrected chi connectivity index (χ0v) is 42.1. The van der Waals surface area contributed by atoms with Gasteiger partial charge in [0, 0.05) is 53.9 Å². The number of nitrogens with zero attached hydrogens (tertiary/aromatic N) is 6. The molecule has 0 bridgehead atoms. The quantitative estimate of drug-likeness (QED) is 0.176. The van der Waals surface area contributed by atoms with Crippen LogP contribution in [0.2, 0.25) is 0 Å². The number of aromatic nitrogens is 4. The number of rotatable bonds is 4. The summed E-state index contributed by atoms with van der Waals surface area (Å²) in [5, 5.41) is 37.3. The van der Waals surface area contributed by atoms with Crippen LogP contribution in [0.5, 0.6) is 0 Å². The van der Waals surface area contributed by atoms with E-state index in [4.69, 9.17) is 8.83 Å². The molecule has 8 nitrogen and oxygen atoms in total. The lowest BCUT2D eigenvalue weighted by Crippen LogP contribution is -2.17. The molecule has 0 atom stereocenters. The normalized spacial score (nSPS) is 12.2. The Morgan fingerprint density at radius 3 is 1.01 bits per heavy atom. The van der Waals surface area contributed by atoms with Crippen molar-refractivity contribution in [2.45, 2.75) is 13.8 Å². The molecule has 0 aliphatic rings. The van der Waals surface area contributed by atoms with Gasteiger partial charge in [-0.25, -0.2) is 0 Å². The number of furan rings is 2. The first-order valence-electron chi connectivity index (χ1n) is 26.2. The van der Waals surface area contributed by atoms with Gasteiger partial charge in [-0.3, -0.25) is 0 Å². The standard InChI is InChI=1S/C70H40N6O2/c1-39-27-31-57-49(35-39)63-59(33-29-47-45-19-7-13-25-61(45)77-69(47)63)75(57)65-51(37-71)66(73-53-21-9-3-15-41(53)42-16-4-10-22-54(42)73)68(67(52(65)38-72)74-55-23-11-5-17-43(55)44-18-6-12-24-56(44)74)76-58-32-28-40(2)36-50(58)64-60(76)34-30-48-46-20-8-14-26-62(46)78-70(48)64/h3-36H,1-2H3. The molecule has 6 aromatic heterocycles. The van der Waals surface area contributed by atoms with Gasteiger partial charge < -0.3 is 27.1 Å². The fourth-order valence-electron chi connectivity index (χ4n) is 13.4. The van der Waals surface area contributed by atoms with E-state index in [2.05, 4.69) is 220 Å². The van der Waals surface area contributed by atoms with Crippen LogP contribution in [0, 0.1) is 36.5 Å². The third kappa shape index (κ3) is 5.39. The van der Waals surface area contributed by atoms with E-state index >= 15 is 0 Å². The van der Waals surface area contributed by atoms with Crippen LogP contribution in [-0.2, 0) is 0 Å². The Labute approximate surface area is 443 Å². The molecule has 0 aliphatic heterocycles. The topological polar surface area (TPSA) is 93.6 Å². The van der Waals surface area contributed by atoms with Gasteiger partial charge in [-0.1, -0.05) is 132 Å². The molecule has 362 valence electrons. The smallest absolute Gasteiger partial charge is 0.145 e. The third-order valence-corrected chi connectivity index (χ3v) is 16.5. The molecule has 0 N–H and O–H groups in total. The third-order valence-electron chi connectivity index (χ3n) is 16.5. The van der Waals surface area contributed by atoms with Gasteiger partial charge in [0.15, 0.2) is 0 Å². The molecule has 0 saturated heterocycles. The minimum absolute atomic E-state index is 0.327. The van der Waals surface area contributed by atoms with Crippen LogP contribution in [-0.4, -0.2) is 18.3 Å². The Balaban J connectivity index is 1.18. The molecule has 0 radical (unpaired) electrons. The maximum absolute atomic E-state index is 12.7. The Hall–Kier alpha value is -10.8. The molecule has 17 aromatic rings. The van der Waals surface area contributed by atoms with Gasteiger partial charge in [0.25, 0.3) is 0 Å². The largest absolute Gasteiger partial charge is 0.455 e. The second kappa shape index (κ2) is 15.4. The molecule has 17 rings (SSSR count). The highest BCUT2D eigenvalue weighted by molar-refractivity contribution is 6.26. The average molecular weight is 997 g/mol. The first-order chi connectivity index (χ1) is 38.5. The molecule has 0 amide bonds. The van der Waals surface area contributed by atoms with Gasteiger partial charge in [0.2, 0.25) is 0 Å². The monoisotopic (exact) mass is 996 g/mol. The number of fused-ring (bicyclic) bond motifs is 20. The maximum Gasteiger partial charge on any atom is 0.145 e. The number of aryl methyl sites for hydroxylation is 2. The van der Waals surface area contributed by atoms with E-state index in [-0.39, 0.29) is 0 Å². The van der Waals surface area contributed by atoms with Gasteiger partial charge in [-0.05, 0) is 98.8 Å². The lowest BCUT2D eigenvalue weighted by molar-refractivity contribution is 0.672. The highest BCUT2D eigenvalue weighted by atomic mass is 16.3. The van der Waals surface area contributed by atoms with Crippen LogP contribution >= 0.6 is 0 Å². The number of benzene rings is 11. The summed E-state index contributed by atoms with van der Waals surface area (Å²) in [5.74, 6) is 0. The number of para-hydroxylation sites is 6. The number of hydrogen-bond acceptors (Lipinski definition) is 4. The van der Waals surface area contributed by atoms with E-state index in [1.807, 2.05) is 30.3 Å². The predicted molar refractivity (Wildman–Crippen MR) is 317 cm³/mol. The Morgan fingerprint density at radius 2 is 0.615 bits per heavy atom. The van der Waals surface area contributed by atoms with Crippen molar-refractivity contribution in [2.75, 3.05) is 0 Å². The van der Waals surface area contributed by atoms with E-state index in [0.29, 0.717) is 33.9 Å². The van der Waals surface area contributed by atoms with E-state index in [9.17, 15) is 10.5 Å². The van der Waals surface area contributed by atoms with Crippen molar-refractivity contribution in [3.8, 4) is 34.9 Å². The van der Waals surface area contributed by atoms with E-state index < -0.39 is 0 Å². The molecule has 8 heteroatoms. The summed E-state index contributed by atoms with van der Waals surface area (Å²) < 4.78 is 22.9. The molecule has 78 heavy (non-hydrogen) atoms. The summed E-state index contributed by atoms with van der Waals surface area (Å²) in [6.45, 7) is 4.22. The first kappa shape index (κ1) is 42.5. The summed E-state index contributed by atoms with van der Waals surface area (Å²) in [5.41, 5.74) is 15.4. The van der Waals surface area contributed by atoms with Crippen molar-refractivity contribution in [3.05, 3.63) is 229 Å². The van der Waals surface area contributed by atoms with Crippen molar-refractivity contribution in [1.29, 1.82) is 10.5 Å². The van der Waals surface area contributed by atoms with Crippen molar-refractivity contribution in [1.82, 2.24) is 18.3 Å². The SMILES string of the molecule is Cc1ccc2c(c1)c1c3oc4ccccc4c3ccc1n2-c1c(C#N)c(-n2c3ccccc3c3ccccc32)c(-n2c3ccc(C)cc3c3c4oc5ccccc5c4ccc32)c(-n2c3ccccc3c3ccccc32)c1C#N. The molecular weight excluding hydrogens is 957 g/mol. The zero-order valence-electron chi connectivity index (χ0n) is 42.1. The van der Waals surface area contributed by atoms with E-state index in [1.54, 1.807) is 0 Å². The molecule has 6 heterocycles. The average Bonchev–Trinajstić information content (AvgIpc) is 4.47. The Kier molecular flexibility index (Phi) is 8.40. The summed E-state index contributed by atoms with van der Waals surface area (Å²) in [6, 6.07) is 77.6. The molecule has 0 aliphatic carbocycles. The molecule has 0 saturated carbocycles. The Bertz CT molecular complexity index is 5380. The van der Waals surface area contributed by atoms with Crippen molar-refractivity contribution < 1.29 is 8.83 Å². The minimum Gasteiger partial charge on any atom is -0.455 e. The fraction of sp³-hybridized carbons (Fsp3) is 0.0286. The molecule has 0 fully saturated rings. The maximum atomic E-state index is 12.7. The van der Waals surface area contributed by atoms with Crippen molar-refractivity contribution >= 4 is 131 Å². The predicted octanol–water partition coefficient (Wildman–Crippen LogP) is 18.2. The van der Waals surface area contributed by atoms with Crippen LogP contribution in [0.25, 0.3) is 154 Å². The molecular formula is C70H40N6O2. The van der Waals surface area contributed by atoms with Crippen LogP contribution in [0.4, 0.5) is 0 Å². The van der Waals surface area contributed by atoms with Crippen LogP contribution in [0.15, 0.2) is 215 Å². The summed E-state index contributed by atoms with van der Waals surface area (Å²) in [6.07, 6.45) is 0. The Morgan fingerprint density at radius 1 is 0.295 bits per heavy atom. The van der Waals surface area contributed by atoms with Gasteiger partial charge >= 0.3 is 0 Å². The second-order valence-electron chi connectivity index (χ2n) is 20.7. The van der Waals surface area contributed by atoms with Crippen molar-refractivity contribution in [3.63, 3.8) is 0 Å². The zero-order chi connectivity index (χ0) is 51.7. The van der Waals surface area contributed by atoms with Crippen molar-refractivity contribution in [2.24, 2.45) is 0 Å². The first-order valence-corrected chi connectivity index (χ1v) is 26.2. The molecule has 0 spiro atoms. The van der Waals surface area contributed by atoms with Crippen LogP contribution < -0.4 is 0 Å². The highest BCUT2D eigenvalue weighted by Crippen LogP contribution is 2.51. The minimum atomic E-state index is 0.327. The van der Waals surface area contributed by atoms with Gasteiger partial charge in [0.05, 0.1) is 77.7 Å². The van der Waals surface area contributed by atoms with Gasteiger partial charge in [-0.15, -0.1) is 0 Å². The lowest BCUT2D eigenvalue weighted by atomic mass is 9.98. The molecule has 0 unspecified atom stereocenters. The van der Waals surface area contributed by atoms with E-state index in [1.165, 1.54) is 0 Å². The van der Waals surface area contributed by atoms with Gasteiger partial charge in [0.1, 0.15) is 45.6 Å². The van der Waals surface area contributed by atoms with Crippen LogP contribution in [0.1, 0.15) is 22.3 Å². The number of hydrogen-bond donors (Lipinski definition) is 0.